The molecule has 118 valence electrons. The van der Waals surface area contributed by atoms with Crippen molar-refractivity contribution in [3.05, 3.63) is 35.4 Å². The largest absolute Gasteiger partial charge is 0.395 e. The van der Waals surface area contributed by atoms with E-state index in [1.165, 1.54) is 11.1 Å². The minimum Gasteiger partial charge on any atom is -0.395 e. The fourth-order valence-electron chi connectivity index (χ4n) is 2.77. The van der Waals surface area contributed by atoms with Gasteiger partial charge in [0, 0.05) is 31.7 Å². The Balaban J connectivity index is 2.05. The summed E-state index contributed by atoms with van der Waals surface area (Å²) in [6, 6.07) is 8.94. The summed E-state index contributed by atoms with van der Waals surface area (Å²) in [6.45, 7) is 9.23. The fourth-order valence-corrected chi connectivity index (χ4v) is 2.77. The normalized spacial score (nSPS) is 24.2. The maximum absolute atomic E-state index is 9.51. The van der Waals surface area contributed by atoms with E-state index >= 15 is 0 Å². The maximum atomic E-state index is 9.51. The van der Waals surface area contributed by atoms with E-state index in [0.29, 0.717) is 0 Å². The van der Waals surface area contributed by atoms with E-state index < -0.39 is 0 Å². The Hall–Kier alpha value is -0.940. The number of benzene rings is 1. The summed E-state index contributed by atoms with van der Waals surface area (Å²) >= 11 is 0. The second-order valence-corrected chi connectivity index (χ2v) is 7.00. The first-order valence-electron chi connectivity index (χ1n) is 7.72. The first-order valence-corrected chi connectivity index (χ1v) is 7.72. The summed E-state index contributed by atoms with van der Waals surface area (Å²) in [4.78, 5) is 2.25. The van der Waals surface area contributed by atoms with Crippen molar-refractivity contribution in [2.75, 3.05) is 26.3 Å². The van der Waals surface area contributed by atoms with Gasteiger partial charge in [-0.1, -0.05) is 45.0 Å². The summed E-state index contributed by atoms with van der Waals surface area (Å²) < 4.78 is 0. The van der Waals surface area contributed by atoms with Gasteiger partial charge in [-0.3, -0.25) is 4.90 Å². The van der Waals surface area contributed by atoms with Crippen LogP contribution in [0.2, 0.25) is 0 Å². The number of nitrogens with one attached hydrogen (secondary N) is 1. The quantitative estimate of drug-likeness (QED) is 0.778. The zero-order valence-corrected chi connectivity index (χ0v) is 13.3. The van der Waals surface area contributed by atoms with Crippen LogP contribution in [-0.4, -0.2) is 53.5 Å². The summed E-state index contributed by atoms with van der Waals surface area (Å²) in [5.41, 5.74) is 2.75. The molecule has 3 N–H and O–H groups in total. The van der Waals surface area contributed by atoms with Gasteiger partial charge in [0.1, 0.15) is 0 Å². The van der Waals surface area contributed by atoms with Crippen molar-refractivity contribution in [1.29, 1.82) is 0 Å². The van der Waals surface area contributed by atoms with Crippen molar-refractivity contribution in [2.24, 2.45) is 0 Å². The summed E-state index contributed by atoms with van der Waals surface area (Å²) in [5, 5.41) is 22.1. The van der Waals surface area contributed by atoms with E-state index in [1.54, 1.807) is 0 Å². The van der Waals surface area contributed by atoms with Crippen molar-refractivity contribution >= 4 is 0 Å². The van der Waals surface area contributed by atoms with Gasteiger partial charge in [0.2, 0.25) is 0 Å². The first kappa shape index (κ1) is 16.4. The molecule has 1 heterocycles. The molecule has 0 bridgehead atoms. The zero-order chi connectivity index (χ0) is 15.5. The lowest BCUT2D eigenvalue weighted by Crippen LogP contribution is -2.58. The van der Waals surface area contributed by atoms with Gasteiger partial charge in [-0.2, -0.15) is 0 Å². The molecular weight excluding hydrogens is 264 g/mol. The monoisotopic (exact) mass is 292 g/mol. The van der Waals surface area contributed by atoms with Gasteiger partial charge in [0.25, 0.3) is 0 Å². The molecule has 2 unspecified atom stereocenters. The molecule has 2 rings (SSSR count). The molecule has 1 aliphatic rings. The number of rotatable bonds is 4. The van der Waals surface area contributed by atoms with E-state index in [-0.39, 0.29) is 30.7 Å². The van der Waals surface area contributed by atoms with Crippen molar-refractivity contribution in [1.82, 2.24) is 10.2 Å². The van der Waals surface area contributed by atoms with Crippen molar-refractivity contribution < 1.29 is 10.2 Å². The molecule has 4 nitrogen and oxygen atoms in total. The van der Waals surface area contributed by atoms with E-state index in [1.807, 2.05) is 0 Å². The van der Waals surface area contributed by atoms with Crippen LogP contribution in [0.5, 0.6) is 0 Å². The molecule has 1 aliphatic heterocycles. The predicted molar refractivity (Wildman–Crippen MR) is 85.3 cm³/mol. The molecule has 1 saturated heterocycles. The average Bonchev–Trinajstić information content (AvgIpc) is 2.46. The fraction of sp³-hybridized carbons (Fsp3) is 0.647. The smallest absolute Gasteiger partial charge is 0.0599 e. The molecule has 0 aliphatic carbocycles. The molecule has 4 heteroatoms. The third-order valence-corrected chi connectivity index (χ3v) is 4.25. The van der Waals surface area contributed by atoms with Gasteiger partial charge >= 0.3 is 0 Å². The number of hydrogen-bond donors (Lipinski definition) is 3. The van der Waals surface area contributed by atoms with Crippen molar-refractivity contribution in [3.8, 4) is 0 Å². The Morgan fingerprint density at radius 3 is 2.33 bits per heavy atom. The summed E-state index contributed by atoms with van der Waals surface area (Å²) in [6.07, 6.45) is 0. The van der Waals surface area contributed by atoms with Gasteiger partial charge in [0.05, 0.1) is 13.2 Å². The lowest BCUT2D eigenvalue weighted by atomic mass is 9.86. The average molecular weight is 292 g/mol. The Morgan fingerprint density at radius 2 is 1.81 bits per heavy atom. The molecule has 0 radical (unpaired) electrons. The number of nitrogens with zero attached hydrogens (tertiary/aromatic N) is 1. The second-order valence-electron chi connectivity index (χ2n) is 7.00. The molecule has 0 aromatic heterocycles. The molecule has 21 heavy (non-hydrogen) atoms. The van der Waals surface area contributed by atoms with Gasteiger partial charge in [0.15, 0.2) is 0 Å². The Morgan fingerprint density at radius 1 is 1.14 bits per heavy atom. The van der Waals surface area contributed by atoms with E-state index in [0.717, 1.165) is 19.6 Å². The van der Waals surface area contributed by atoms with Crippen LogP contribution in [-0.2, 0) is 12.0 Å². The Labute approximate surface area is 127 Å². The van der Waals surface area contributed by atoms with E-state index in [4.69, 9.17) is 0 Å². The van der Waals surface area contributed by atoms with E-state index in [9.17, 15) is 10.2 Å². The van der Waals surface area contributed by atoms with Gasteiger partial charge in [-0.05, 0) is 16.5 Å². The van der Waals surface area contributed by atoms with Crippen LogP contribution in [0.3, 0.4) is 0 Å². The molecule has 0 spiro atoms. The first-order chi connectivity index (χ1) is 9.94. The number of hydrogen-bond acceptors (Lipinski definition) is 4. The summed E-state index contributed by atoms with van der Waals surface area (Å²) in [5.74, 6) is 0. The third kappa shape index (κ3) is 4.27. The minimum atomic E-state index is 0.0987. The van der Waals surface area contributed by atoms with Crippen molar-refractivity contribution in [2.45, 2.75) is 44.8 Å². The molecule has 2 atom stereocenters. The molecular formula is C17H28N2O2. The lowest BCUT2D eigenvalue weighted by Gasteiger charge is -2.39. The third-order valence-electron chi connectivity index (χ3n) is 4.25. The number of aliphatic hydroxyl groups is 2. The Bertz CT molecular complexity index is 439. The lowest BCUT2D eigenvalue weighted by molar-refractivity contribution is 0.0590. The molecule has 1 aromatic carbocycles. The molecule has 0 amide bonds. The topological polar surface area (TPSA) is 55.7 Å². The highest BCUT2D eigenvalue weighted by molar-refractivity contribution is 5.27. The van der Waals surface area contributed by atoms with Crippen LogP contribution in [0, 0.1) is 0 Å². The molecule has 1 fully saturated rings. The van der Waals surface area contributed by atoms with Crippen LogP contribution in [0.15, 0.2) is 24.3 Å². The van der Waals surface area contributed by atoms with Gasteiger partial charge < -0.3 is 15.5 Å². The number of aliphatic hydroxyl groups excluding tert-OH is 2. The highest BCUT2D eigenvalue weighted by Crippen LogP contribution is 2.23. The van der Waals surface area contributed by atoms with Crippen LogP contribution in [0.4, 0.5) is 0 Å². The highest BCUT2D eigenvalue weighted by Gasteiger charge is 2.27. The standard InChI is InChI=1S/C17H28N2O2/c1-17(2,3)14-6-4-13(5-7-14)9-19-10-15(11-20)18-8-16(19)12-21/h4-7,15-16,18,20-21H,8-12H2,1-3H3. The Kier molecular flexibility index (Phi) is 5.38. The highest BCUT2D eigenvalue weighted by atomic mass is 16.3. The maximum Gasteiger partial charge on any atom is 0.0599 e. The second kappa shape index (κ2) is 6.88. The predicted octanol–water partition coefficient (Wildman–Crippen LogP) is 1.11. The van der Waals surface area contributed by atoms with Crippen molar-refractivity contribution in [3.63, 3.8) is 0 Å². The van der Waals surface area contributed by atoms with Crippen LogP contribution >= 0.6 is 0 Å². The van der Waals surface area contributed by atoms with Gasteiger partial charge in [-0.15, -0.1) is 0 Å². The van der Waals surface area contributed by atoms with Crippen LogP contribution in [0.1, 0.15) is 31.9 Å². The summed E-state index contributed by atoms with van der Waals surface area (Å²) in [7, 11) is 0. The minimum absolute atomic E-state index is 0.0987. The van der Waals surface area contributed by atoms with Crippen LogP contribution < -0.4 is 5.32 Å². The van der Waals surface area contributed by atoms with Crippen LogP contribution in [0.25, 0.3) is 0 Å². The SMILES string of the molecule is CC(C)(C)c1ccc(CN2CC(CO)NCC2CO)cc1. The zero-order valence-electron chi connectivity index (χ0n) is 13.3. The van der Waals surface area contributed by atoms with Gasteiger partial charge in [-0.25, -0.2) is 0 Å². The molecule has 1 aromatic rings. The number of piperazine rings is 1. The van der Waals surface area contributed by atoms with E-state index in [2.05, 4.69) is 55.3 Å². The molecule has 0 saturated carbocycles.